The van der Waals surface area contributed by atoms with E-state index in [4.69, 9.17) is 4.42 Å². The molecule has 2 rings (SSSR count). The third-order valence-corrected chi connectivity index (χ3v) is 4.52. The molecule has 0 aromatic carbocycles. The van der Waals surface area contributed by atoms with E-state index in [2.05, 4.69) is 40.7 Å². The minimum Gasteiger partial charge on any atom is -0.469 e. The highest BCUT2D eigenvalue weighted by atomic mass is 32.1. The Kier molecular flexibility index (Phi) is 7.06. The van der Waals surface area contributed by atoms with Crippen molar-refractivity contribution in [2.24, 2.45) is 4.99 Å². The molecule has 0 radical (unpaired) electrons. The van der Waals surface area contributed by atoms with Crippen LogP contribution in [0.1, 0.15) is 30.5 Å². The molecule has 0 aliphatic rings. The summed E-state index contributed by atoms with van der Waals surface area (Å²) in [5.41, 5.74) is 1.04. The monoisotopic (exact) mass is 346 g/mol. The summed E-state index contributed by atoms with van der Waals surface area (Å²) in [6.07, 6.45) is 4.39. The second kappa shape index (κ2) is 9.27. The number of furan rings is 1. The Morgan fingerprint density at radius 2 is 2.38 bits per heavy atom. The first kappa shape index (κ1) is 18.3. The molecule has 1 unspecified atom stereocenters. The number of aromatic nitrogens is 1. The molecular formula is C18H26N4OS. The zero-order valence-electron chi connectivity index (χ0n) is 14.7. The van der Waals surface area contributed by atoms with Gasteiger partial charge in [0.15, 0.2) is 5.96 Å². The molecule has 0 spiro atoms. The van der Waals surface area contributed by atoms with E-state index in [9.17, 15) is 0 Å². The van der Waals surface area contributed by atoms with Gasteiger partial charge < -0.3 is 14.6 Å². The smallest absolute Gasteiger partial charge is 0.194 e. The Hall–Kier alpha value is -2.08. The fraction of sp³-hybridized carbons (Fsp3) is 0.444. The summed E-state index contributed by atoms with van der Waals surface area (Å²) < 4.78 is 5.37. The average Bonchev–Trinajstić information content (AvgIpc) is 3.23. The van der Waals surface area contributed by atoms with E-state index in [-0.39, 0.29) is 0 Å². The van der Waals surface area contributed by atoms with E-state index in [1.165, 1.54) is 0 Å². The number of hydrogen-bond donors (Lipinski definition) is 1. The predicted octanol–water partition coefficient (Wildman–Crippen LogP) is 3.54. The van der Waals surface area contributed by atoms with E-state index < -0.39 is 0 Å². The van der Waals surface area contributed by atoms with Crippen LogP contribution in [-0.4, -0.2) is 42.5 Å². The van der Waals surface area contributed by atoms with Gasteiger partial charge in [-0.3, -0.25) is 0 Å². The van der Waals surface area contributed by atoms with Crippen molar-refractivity contribution in [2.45, 2.75) is 26.2 Å². The van der Waals surface area contributed by atoms with Gasteiger partial charge >= 0.3 is 0 Å². The molecule has 0 saturated heterocycles. The highest BCUT2D eigenvalue weighted by molar-refractivity contribution is 7.09. The Morgan fingerprint density at radius 3 is 3.00 bits per heavy atom. The van der Waals surface area contributed by atoms with E-state index in [1.54, 1.807) is 17.6 Å². The van der Waals surface area contributed by atoms with Crippen molar-refractivity contribution in [3.63, 3.8) is 0 Å². The Balaban J connectivity index is 1.93. The number of likely N-dealkylation sites (N-methyl/N-ethyl adjacent to an activating group) is 1. The van der Waals surface area contributed by atoms with E-state index in [0.717, 1.165) is 41.8 Å². The summed E-state index contributed by atoms with van der Waals surface area (Å²) in [6, 6.07) is 3.90. The summed E-state index contributed by atoms with van der Waals surface area (Å²) in [4.78, 5) is 11.2. The summed E-state index contributed by atoms with van der Waals surface area (Å²) in [6.45, 7) is 10.4. The number of thiazole rings is 1. The molecule has 24 heavy (non-hydrogen) atoms. The summed E-state index contributed by atoms with van der Waals surface area (Å²) in [5, 5.41) is 6.59. The molecule has 2 heterocycles. The number of hydrogen-bond acceptors (Lipinski definition) is 4. The number of nitrogens with zero attached hydrogens (tertiary/aromatic N) is 3. The van der Waals surface area contributed by atoms with Crippen molar-refractivity contribution < 1.29 is 4.42 Å². The van der Waals surface area contributed by atoms with Gasteiger partial charge in [-0.1, -0.05) is 19.1 Å². The highest BCUT2D eigenvalue weighted by Gasteiger charge is 2.14. The van der Waals surface area contributed by atoms with Gasteiger partial charge in [0, 0.05) is 44.1 Å². The predicted molar refractivity (Wildman–Crippen MR) is 101 cm³/mol. The third-order valence-electron chi connectivity index (χ3n) is 3.52. The van der Waals surface area contributed by atoms with Gasteiger partial charge in [-0.25, -0.2) is 9.98 Å². The average molecular weight is 347 g/mol. The lowest BCUT2D eigenvalue weighted by Crippen LogP contribution is -2.41. The van der Waals surface area contributed by atoms with Crippen molar-refractivity contribution in [1.82, 2.24) is 15.2 Å². The van der Waals surface area contributed by atoms with Crippen molar-refractivity contribution in [1.29, 1.82) is 0 Å². The molecule has 2 aromatic heterocycles. The van der Waals surface area contributed by atoms with E-state index in [1.807, 2.05) is 30.6 Å². The van der Waals surface area contributed by atoms with Crippen LogP contribution >= 0.6 is 11.3 Å². The van der Waals surface area contributed by atoms with Crippen LogP contribution in [0.25, 0.3) is 0 Å². The molecule has 130 valence electrons. The zero-order chi connectivity index (χ0) is 17.4. The second-order valence-corrected chi connectivity index (χ2v) is 6.93. The number of guanidine groups is 1. The van der Waals surface area contributed by atoms with Crippen molar-refractivity contribution in [3.05, 3.63) is 52.9 Å². The van der Waals surface area contributed by atoms with Crippen LogP contribution < -0.4 is 5.32 Å². The molecule has 0 aliphatic carbocycles. The highest BCUT2D eigenvalue weighted by Crippen LogP contribution is 2.18. The first-order valence-electron chi connectivity index (χ1n) is 8.12. The molecule has 5 nitrogen and oxygen atoms in total. The van der Waals surface area contributed by atoms with Gasteiger partial charge in [0.25, 0.3) is 0 Å². The summed E-state index contributed by atoms with van der Waals surface area (Å²) in [7, 11) is 2.06. The first-order valence-corrected chi connectivity index (χ1v) is 9.00. The van der Waals surface area contributed by atoms with Crippen molar-refractivity contribution >= 4 is 17.3 Å². The van der Waals surface area contributed by atoms with Gasteiger partial charge in [0.05, 0.1) is 17.8 Å². The maximum atomic E-state index is 5.37. The number of rotatable bonds is 8. The van der Waals surface area contributed by atoms with Crippen LogP contribution in [0.15, 0.2) is 51.5 Å². The molecule has 0 saturated carbocycles. The van der Waals surface area contributed by atoms with Gasteiger partial charge in [-0.2, -0.15) is 0 Å². The van der Waals surface area contributed by atoms with Crippen molar-refractivity contribution in [3.8, 4) is 0 Å². The quantitative estimate of drug-likeness (QED) is 0.451. The van der Waals surface area contributed by atoms with Crippen LogP contribution in [0.4, 0.5) is 0 Å². The normalized spacial score (nSPS) is 12.9. The standard InChI is InChI=1S/C18H26N4OS/c1-14(2)12-21-18(20-8-7-16-6-5-10-23-16)22(4)13-15(3)17-19-9-11-24-17/h5-6,9-11,15H,1,7-8,12-13H2,2-4H3,(H,20,21). The lowest BCUT2D eigenvalue weighted by Gasteiger charge is -2.25. The minimum atomic E-state index is 0.358. The fourth-order valence-electron chi connectivity index (χ4n) is 2.33. The first-order chi connectivity index (χ1) is 11.6. The van der Waals surface area contributed by atoms with Crippen LogP contribution in [0.5, 0.6) is 0 Å². The lowest BCUT2D eigenvalue weighted by molar-refractivity contribution is 0.443. The second-order valence-electron chi connectivity index (χ2n) is 6.00. The van der Waals surface area contributed by atoms with Crippen LogP contribution in [-0.2, 0) is 6.42 Å². The topological polar surface area (TPSA) is 53.7 Å². The summed E-state index contributed by atoms with van der Waals surface area (Å²) >= 11 is 1.69. The Bertz CT molecular complexity index is 634. The minimum absolute atomic E-state index is 0.358. The molecule has 0 aliphatic heterocycles. The molecule has 2 aromatic rings. The molecular weight excluding hydrogens is 320 g/mol. The van der Waals surface area contributed by atoms with Crippen LogP contribution in [0.3, 0.4) is 0 Å². The Morgan fingerprint density at radius 1 is 1.54 bits per heavy atom. The molecule has 6 heteroatoms. The van der Waals surface area contributed by atoms with E-state index in [0.29, 0.717) is 12.5 Å². The Labute approximate surface area is 148 Å². The maximum absolute atomic E-state index is 5.37. The SMILES string of the molecule is C=C(C)CN=C(NCCc1ccco1)N(C)CC(C)c1nccs1. The van der Waals surface area contributed by atoms with Gasteiger partial charge in [-0.05, 0) is 19.1 Å². The number of nitrogens with one attached hydrogen (secondary N) is 1. The lowest BCUT2D eigenvalue weighted by atomic mass is 10.2. The largest absolute Gasteiger partial charge is 0.469 e. The molecule has 0 fully saturated rings. The molecule has 0 amide bonds. The zero-order valence-corrected chi connectivity index (χ0v) is 15.5. The van der Waals surface area contributed by atoms with Crippen molar-refractivity contribution in [2.75, 3.05) is 26.7 Å². The molecule has 0 bridgehead atoms. The molecule has 1 atom stereocenters. The molecule has 1 N–H and O–H groups in total. The number of aliphatic imine (C=N–C) groups is 1. The summed E-state index contributed by atoms with van der Waals surface area (Å²) in [5.74, 6) is 2.21. The van der Waals surface area contributed by atoms with Gasteiger partial charge in [-0.15, -0.1) is 11.3 Å². The fourth-order valence-corrected chi connectivity index (χ4v) is 3.02. The van der Waals surface area contributed by atoms with Crippen LogP contribution in [0, 0.1) is 0 Å². The maximum Gasteiger partial charge on any atom is 0.194 e. The van der Waals surface area contributed by atoms with Crippen LogP contribution in [0.2, 0.25) is 0 Å². The van der Waals surface area contributed by atoms with Gasteiger partial charge in [0.2, 0.25) is 0 Å². The van der Waals surface area contributed by atoms with Gasteiger partial charge in [0.1, 0.15) is 5.76 Å². The van der Waals surface area contributed by atoms with E-state index >= 15 is 0 Å². The third kappa shape index (κ3) is 5.85.